The maximum Gasteiger partial charge on any atom is 0.306 e. The number of carbonyl (C=O) groups is 3. The maximum absolute atomic E-state index is 12.2. The van der Waals surface area contributed by atoms with E-state index < -0.39 is 12.1 Å². The van der Waals surface area contributed by atoms with E-state index in [0.717, 1.165) is 12.8 Å². The Morgan fingerprint density at radius 3 is 2.41 bits per heavy atom. The third-order valence-electron chi connectivity index (χ3n) is 4.40. The normalized spacial score (nSPS) is 23.1. The van der Waals surface area contributed by atoms with Crippen molar-refractivity contribution < 1.29 is 24.2 Å². The van der Waals surface area contributed by atoms with Gasteiger partial charge in [0, 0.05) is 26.7 Å². The fourth-order valence-corrected chi connectivity index (χ4v) is 2.94. The van der Waals surface area contributed by atoms with Crippen molar-refractivity contribution in [3.05, 3.63) is 0 Å². The Morgan fingerprint density at radius 2 is 1.86 bits per heavy atom. The van der Waals surface area contributed by atoms with Crippen LogP contribution >= 0.6 is 0 Å². The average molecular weight is 312 g/mol. The second-order valence-electron chi connectivity index (χ2n) is 6.04. The fourth-order valence-electron chi connectivity index (χ4n) is 2.94. The van der Waals surface area contributed by atoms with Crippen LogP contribution in [0.15, 0.2) is 0 Å². The van der Waals surface area contributed by atoms with Gasteiger partial charge < -0.3 is 19.6 Å². The molecular formula is C15H24N2O5. The van der Waals surface area contributed by atoms with Crippen molar-refractivity contribution in [1.29, 1.82) is 0 Å². The van der Waals surface area contributed by atoms with Crippen molar-refractivity contribution in [1.82, 2.24) is 9.80 Å². The molecule has 0 aromatic carbocycles. The average Bonchev–Trinajstić information content (AvgIpc) is 2.54. The molecule has 0 radical (unpaired) electrons. The van der Waals surface area contributed by atoms with Gasteiger partial charge in [-0.2, -0.15) is 0 Å². The third-order valence-corrected chi connectivity index (χ3v) is 4.40. The summed E-state index contributed by atoms with van der Waals surface area (Å²) in [6, 6.07) is 0. The maximum atomic E-state index is 12.2. The van der Waals surface area contributed by atoms with Gasteiger partial charge in [0.2, 0.25) is 5.91 Å². The second-order valence-corrected chi connectivity index (χ2v) is 6.04. The quantitative estimate of drug-likeness (QED) is 0.809. The SMILES string of the molecule is CN(CC(=O)N1CCC(C(=O)O)CC1)C(=O)C1CCCCO1. The first kappa shape index (κ1) is 16.7. The fraction of sp³-hybridized carbons (Fsp3) is 0.800. The van der Waals surface area contributed by atoms with Crippen LogP contribution < -0.4 is 0 Å². The molecule has 2 saturated heterocycles. The van der Waals surface area contributed by atoms with Gasteiger partial charge in [0.05, 0.1) is 12.5 Å². The Morgan fingerprint density at radius 1 is 1.18 bits per heavy atom. The number of hydrogen-bond acceptors (Lipinski definition) is 4. The lowest BCUT2D eigenvalue weighted by atomic mass is 9.97. The molecule has 0 aliphatic carbocycles. The minimum atomic E-state index is -0.797. The second kappa shape index (κ2) is 7.58. The molecule has 2 amide bonds. The van der Waals surface area contributed by atoms with Crippen LogP contribution in [0.1, 0.15) is 32.1 Å². The first-order chi connectivity index (χ1) is 10.5. The van der Waals surface area contributed by atoms with Crippen LogP contribution in [0.4, 0.5) is 0 Å². The molecule has 7 nitrogen and oxygen atoms in total. The number of carboxylic acids is 1. The van der Waals surface area contributed by atoms with E-state index in [1.165, 1.54) is 4.90 Å². The zero-order valence-corrected chi connectivity index (χ0v) is 13.0. The Hall–Kier alpha value is -1.63. The molecule has 0 spiro atoms. The van der Waals surface area contributed by atoms with E-state index in [-0.39, 0.29) is 24.3 Å². The van der Waals surface area contributed by atoms with Gasteiger partial charge in [0.15, 0.2) is 0 Å². The molecule has 0 saturated carbocycles. The van der Waals surface area contributed by atoms with Crippen LogP contribution in [-0.2, 0) is 19.1 Å². The first-order valence-electron chi connectivity index (χ1n) is 7.86. The lowest BCUT2D eigenvalue weighted by Gasteiger charge is -2.32. The monoisotopic (exact) mass is 312 g/mol. The standard InChI is InChI=1S/C15H24N2O5/c1-16(14(19)12-4-2-3-9-22-12)10-13(18)17-7-5-11(6-8-17)15(20)21/h11-12H,2-10H2,1H3,(H,20,21). The molecule has 0 bridgehead atoms. The molecule has 2 rings (SSSR count). The predicted molar refractivity (Wildman–Crippen MR) is 78.2 cm³/mol. The summed E-state index contributed by atoms with van der Waals surface area (Å²) in [5.74, 6) is -1.43. The minimum Gasteiger partial charge on any atom is -0.481 e. The van der Waals surface area contributed by atoms with Crippen LogP contribution in [-0.4, -0.2) is 72.1 Å². The number of rotatable bonds is 4. The first-order valence-corrected chi connectivity index (χ1v) is 7.86. The number of aliphatic carboxylic acids is 1. The van der Waals surface area contributed by atoms with Crippen LogP contribution in [0, 0.1) is 5.92 Å². The molecule has 22 heavy (non-hydrogen) atoms. The summed E-state index contributed by atoms with van der Waals surface area (Å²) >= 11 is 0. The summed E-state index contributed by atoms with van der Waals surface area (Å²) in [6.07, 6.45) is 3.19. The van der Waals surface area contributed by atoms with Gasteiger partial charge in [0.1, 0.15) is 6.10 Å². The number of nitrogens with zero attached hydrogens (tertiary/aromatic N) is 2. The third kappa shape index (κ3) is 4.19. The molecule has 124 valence electrons. The van der Waals surface area contributed by atoms with E-state index >= 15 is 0 Å². The zero-order valence-electron chi connectivity index (χ0n) is 13.0. The number of carbonyl (C=O) groups excluding carboxylic acids is 2. The zero-order chi connectivity index (χ0) is 16.1. The molecule has 2 aliphatic heterocycles. The highest BCUT2D eigenvalue weighted by Crippen LogP contribution is 2.18. The molecule has 2 heterocycles. The van der Waals surface area contributed by atoms with Gasteiger partial charge in [0.25, 0.3) is 5.91 Å². The van der Waals surface area contributed by atoms with Gasteiger partial charge >= 0.3 is 5.97 Å². The smallest absolute Gasteiger partial charge is 0.306 e. The minimum absolute atomic E-state index is 0.0242. The number of likely N-dealkylation sites (tertiary alicyclic amines) is 1. The molecule has 1 atom stereocenters. The van der Waals surface area contributed by atoms with Crippen molar-refractivity contribution in [3.8, 4) is 0 Å². The highest BCUT2D eigenvalue weighted by molar-refractivity contribution is 5.87. The summed E-state index contributed by atoms with van der Waals surface area (Å²) in [4.78, 5) is 38.4. The Labute approximate surface area is 130 Å². The lowest BCUT2D eigenvalue weighted by Crippen LogP contribution is -2.48. The van der Waals surface area contributed by atoms with Crippen molar-refractivity contribution in [2.75, 3.05) is 33.3 Å². The molecule has 1 unspecified atom stereocenters. The summed E-state index contributed by atoms with van der Waals surface area (Å²) < 4.78 is 5.45. The Balaban J connectivity index is 1.78. The molecule has 2 aliphatic rings. The number of amides is 2. The van der Waals surface area contributed by atoms with E-state index in [1.54, 1.807) is 11.9 Å². The largest absolute Gasteiger partial charge is 0.481 e. The van der Waals surface area contributed by atoms with Crippen LogP contribution in [0.3, 0.4) is 0 Å². The van der Waals surface area contributed by atoms with E-state index in [2.05, 4.69) is 0 Å². The molecule has 0 aromatic heterocycles. The molecular weight excluding hydrogens is 288 g/mol. The van der Waals surface area contributed by atoms with Crippen LogP contribution in [0.5, 0.6) is 0 Å². The summed E-state index contributed by atoms with van der Waals surface area (Å²) in [7, 11) is 1.61. The Bertz CT molecular complexity index is 426. The number of ether oxygens (including phenoxy) is 1. The van der Waals surface area contributed by atoms with Crippen molar-refractivity contribution in [2.45, 2.75) is 38.2 Å². The van der Waals surface area contributed by atoms with Gasteiger partial charge in [-0.1, -0.05) is 0 Å². The number of piperidine rings is 1. The topological polar surface area (TPSA) is 87.2 Å². The predicted octanol–water partition coefficient (Wildman–Crippen LogP) is 0.337. The van der Waals surface area contributed by atoms with Crippen molar-refractivity contribution in [3.63, 3.8) is 0 Å². The number of carboxylic acid groups (broad SMARTS) is 1. The Kier molecular flexibility index (Phi) is 5.76. The van der Waals surface area contributed by atoms with Gasteiger partial charge in [-0.15, -0.1) is 0 Å². The van der Waals surface area contributed by atoms with Crippen molar-refractivity contribution in [2.24, 2.45) is 5.92 Å². The van der Waals surface area contributed by atoms with Gasteiger partial charge in [-0.3, -0.25) is 14.4 Å². The summed E-state index contributed by atoms with van der Waals surface area (Å²) in [5, 5.41) is 8.96. The lowest BCUT2D eigenvalue weighted by molar-refractivity contribution is -0.150. The molecule has 7 heteroatoms. The number of hydrogen-bond donors (Lipinski definition) is 1. The number of likely N-dealkylation sites (N-methyl/N-ethyl adjacent to an activating group) is 1. The van der Waals surface area contributed by atoms with Gasteiger partial charge in [-0.25, -0.2) is 0 Å². The highest BCUT2D eigenvalue weighted by Gasteiger charge is 2.30. The highest BCUT2D eigenvalue weighted by atomic mass is 16.5. The van der Waals surface area contributed by atoms with E-state index in [0.29, 0.717) is 39.0 Å². The van der Waals surface area contributed by atoms with E-state index in [4.69, 9.17) is 9.84 Å². The van der Waals surface area contributed by atoms with Crippen molar-refractivity contribution >= 4 is 17.8 Å². The van der Waals surface area contributed by atoms with Crippen LogP contribution in [0.25, 0.3) is 0 Å². The van der Waals surface area contributed by atoms with E-state index in [1.807, 2.05) is 0 Å². The molecule has 2 fully saturated rings. The van der Waals surface area contributed by atoms with Gasteiger partial charge in [-0.05, 0) is 32.1 Å². The van der Waals surface area contributed by atoms with Crippen LogP contribution in [0.2, 0.25) is 0 Å². The van der Waals surface area contributed by atoms with E-state index in [9.17, 15) is 14.4 Å². The molecule has 1 N–H and O–H groups in total. The molecule has 0 aromatic rings. The summed E-state index contributed by atoms with van der Waals surface area (Å²) in [6.45, 7) is 1.51. The summed E-state index contributed by atoms with van der Waals surface area (Å²) in [5.41, 5.74) is 0.